The van der Waals surface area contributed by atoms with E-state index in [1.54, 1.807) is 0 Å². The lowest BCUT2D eigenvalue weighted by molar-refractivity contribution is -0.200. The van der Waals surface area contributed by atoms with Crippen molar-refractivity contribution >= 4 is 11.7 Å². The molecule has 228 valence electrons. The van der Waals surface area contributed by atoms with E-state index in [0.717, 1.165) is 96.5 Å². The summed E-state index contributed by atoms with van der Waals surface area (Å²) in [5, 5.41) is 6.97. The minimum atomic E-state index is -0.177. The van der Waals surface area contributed by atoms with Gasteiger partial charge >= 0.3 is 0 Å². The number of nitrogens with zero attached hydrogens (tertiary/aromatic N) is 3. The summed E-state index contributed by atoms with van der Waals surface area (Å²) in [4.78, 5) is 34.7. The zero-order valence-corrected chi connectivity index (χ0v) is 24.8. The molecule has 4 aliphatic heterocycles. The first kappa shape index (κ1) is 28.3. The summed E-state index contributed by atoms with van der Waals surface area (Å²) < 4.78 is 12.6. The molecule has 8 unspecified atom stereocenters. The van der Waals surface area contributed by atoms with Crippen LogP contribution in [0, 0.1) is 17.8 Å². The standard InChI is InChI=1S/C32H51N5O4/c38-30-24-7-8-26(33-9-13-36-15-17-40-18-16-36)31-29(24)37(21-25(30)32(39)34-10-14-35-11-3-4-12-35)27-19-22-5-1-2-6-23(22)20-28(27)41-31/h21-24,26-29,31,33H,1-20H2,(H,34,39). The molecule has 0 radical (unpaired) electrons. The molecule has 3 saturated heterocycles. The maximum absolute atomic E-state index is 13.9. The Labute approximate surface area is 245 Å². The summed E-state index contributed by atoms with van der Waals surface area (Å²) in [7, 11) is 0. The van der Waals surface area contributed by atoms with Crippen molar-refractivity contribution in [3.8, 4) is 0 Å². The van der Waals surface area contributed by atoms with E-state index in [4.69, 9.17) is 9.47 Å². The van der Waals surface area contributed by atoms with E-state index in [-0.39, 0.29) is 47.9 Å². The fourth-order valence-corrected chi connectivity index (χ4v) is 9.35. The molecule has 9 nitrogen and oxygen atoms in total. The molecule has 3 saturated carbocycles. The van der Waals surface area contributed by atoms with Gasteiger partial charge in [0.1, 0.15) is 0 Å². The van der Waals surface area contributed by atoms with Crippen LogP contribution in [-0.4, -0.2) is 122 Å². The Morgan fingerprint density at radius 1 is 0.878 bits per heavy atom. The predicted molar refractivity (Wildman–Crippen MR) is 156 cm³/mol. The summed E-state index contributed by atoms with van der Waals surface area (Å²) in [5.41, 5.74) is 0.386. The van der Waals surface area contributed by atoms with Crippen LogP contribution in [-0.2, 0) is 19.1 Å². The molecule has 0 aromatic rings. The van der Waals surface area contributed by atoms with Gasteiger partial charge in [0, 0.05) is 57.4 Å². The Kier molecular flexibility index (Phi) is 8.69. The molecule has 1 amide bonds. The molecule has 0 aromatic carbocycles. The van der Waals surface area contributed by atoms with Crippen molar-refractivity contribution in [3.05, 3.63) is 11.8 Å². The molecule has 2 N–H and O–H groups in total. The number of ketones is 1. The number of carbonyl (C=O) groups excluding carboxylic acids is 2. The molecule has 41 heavy (non-hydrogen) atoms. The molecule has 3 aliphatic carbocycles. The van der Waals surface area contributed by atoms with E-state index in [1.807, 2.05) is 6.20 Å². The van der Waals surface area contributed by atoms with Crippen LogP contribution in [0.1, 0.15) is 64.2 Å². The second-order valence-corrected chi connectivity index (χ2v) is 13.8. The molecule has 7 rings (SSSR count). The van der Waals surface area contributed by atoms with Crippen molar-refractivity contribution in [2.24, 2.45) is 17.8 Å². The smallest absolute Gasteiger partial charge is 0.256 e. The predicted octanol–water partition coefficient (Wildman–Crippen LogP) is 1.77. The van der Waals surface area contributed by atoms with Gasteiger partial charge in [0.25, 0.3) is 5.91 Å². The molecule has 0 bridgehead atoms. The fraction of sp³-hybridized carbons (Fsp3) is 0.875. The normalized spacial score (nSPS) is 39.5. The molecule has 8 atom stereocenters. The van der Waals surface area contributed by atoms with Crippen LogP contribution < -0.4 is 10.6 Å². The molecular weight excluding hydrogens is 518 g/mol. The number of amides is 1. The van der Waals surface area contributed by atoms with Crippen molar-refractivity contribution in [2.75, 3.05) is 65.6 Å². The third kappa shape index (κ3) is 5.86. The van der Waals surface area contributed by atoms with Gasteiger partial charge in [-0.1, -0.05) is 25.7 Å². The summed E-state index contributed by atoms with van der Waals surface area (Å²) >= 11 is 0. The SMILES string of the molecule is O=C(NCCN1CCCC1)C1=CN2C3CC4CCCCC4CC3OC3C(NCCN4CCOCC4)CCC(C1=O)C32. The number of rotatable bonds is 8. The number of ether oxygens (including phenoxy) is 2. The van der Waals surface area contributed by atoms with Gasteiger partial charge < -0.3 is 29.9 Å². The molecule has 9 heteroatoms. The van der Waals surface area contributed by atoms with E-state index < -0.39 is 0 Å². The van der Waals surface area contributed by atoms with Crippen molar-refractivity contribution in [3.63, 3.8) is 0 Å². The molecular formula is C32H51N5O4. The van der Waals surface area contributed by atoms with Gasteiger partial charge in [-0.3, -0.25) is 14.5 Å². The van der Waals surface area contributed by atoms with Gasteiger partial charge in [-0.2, -0.15) is 0 Å². The quantitative estimate of drug-likeness (QED) is 0.428. The zero-order chi connectivity index (χ0) is 27.8. The Bertz CT molecular complexity index is 979. The molecule has 4 heterocycles. The maximum Gasteiger partial charge on any atom is 0.256 e. The van der Waals surface area contributed by atoms with Crippen LogP contribution in [0.15, 0.2) is 11.8 Å². The largest absolute Gasteiger partial charge is 0.379 e. The van der Waals surface area contributed by atoms with Gasteiger partial charge in [-0.15, -0.1) is 0 Å². The average molecular weight is 570 g/mol. The molecule has 7 aliphatic rings. The second-order valence-electron chi connectivity index (χ2n) is 13.8. The van der Waals surface area contributed by atoms with Gasteiger partial charge in [0.05, 0.1) is 43.1 Å². The minimum absolute atomic E-state index is 0.0141. The Morgan fingerprint density at radius 3 is 2.41 bits per heavy atom. The summed E-state index contributed by atoms with van der Waals surface area (Å²) in [6.07, 6.45) is 14.0. The third-order valence-electron chi connectivity index (χ3n) is 11.5. The van der Waals surface area contributed by atoms with Crippen LogP contribution in [0.3, 0.4) is 0 Å². The maximum atomic E-state index is 13.9. The number of morpholine rings is 2. The lowest BCUT2D eigenvalue weighted by Gasteiger charge is -2.60. The highest BCUT2D eigenvalue weighted by molar-refractivity contribution is 6.20. The first-order chi connectivity index (χ1) is 20.2. The van der Waals surface area contributed by atoms with E-state index in [1.165, 1.54) is 38.5 Å². The minimum Gasteiger partial charge on any atom is -0.379 e. The van der Waals surface area contributed by atoms with E-state index >= 15 is 0 Å². The van der Waals surface area contributed by atoms with Crippen LogP contribution in [0.4, 0.5) is 0 Å². The third-order valence-corrected chi connectivity index (χ3v) is 11.5. The van der Waals surface area contributed by atoms with Crippen molar-refractivity contribution in [1.29, 1.82) is 0 Å². The average Bonchev–Trinajstić information content (AvgIpc) is 3.52. The lowest BCUT2D eigenvalue weighted by Crippen LogP contribution is -2.71. The van der Waals surface area contributed by atoms with Crippen molar-refractivity contribution < 1.29 is 19.1 Å². The topological polar surface area (TPSA) is 86.4 Å². The number of hydrogen-bond donors (Lipinski definition) is 2. The Hall–Kier alpha value is -1.52. The van der Waals surface area contributed by atoms with Gasteiger partial charge in [0.2, 0.25) is 0 Å². The summed E-state index contributed by atoms with van der Waals surface area (Å²) in [6, 6.07) is 0.534. The van der Waals surface area contributed by atoms with Crippen LogP contribution in [0.25, 0.3) is 0 Å². The van der Waals surface area contributed by atoms with Gasteiger partial charge in [0.15, 0.2) is 5.78 Å². The highest BCUT2D eigenvalue weighted by Crippen LogP contribution is 2.49. The van der Waals surface area contributed by atoms with E-state index in [9.17, 15) is 9.59 Å². The number of hydrogen-bond acceptors (Lipinski definition) is 8. The number of nitrogens with one attached hydrogen (secondary N) is 2. The number of carbonyl (C=O) groups is 2. The molecule has 6 fully saturated rings. The van der Waals surface area contributed by atoms with Gasteiger partial charge in [-0.05, 0) is 63.5 Å². The van der Waals surface area contributed by atoms with Crippen LogP contribution in [0.2, 0.25) is 0 Å². The molecule has 0 spiro atoms. The van der Waals surface area contributed by atoms with Crippen molar-refractivity contribution in [1.82, 2.24) is 25.3 Å². The van der Waals surface area contributed by atoms with Crippen LogP contribution in [0.5, 0.6) is 0 Å². The number of fused-ring (bicyclic) bond motifs is 3. The number of likely N-dealkylation sites (tertiary alicyclic amines) is 1. The summed E-state index contributed by atoms with van der Waals surface area (Å²) in [5.74, 6) is 1.21. The van der Waals surface area contributed by atoms with Crippen LogP contribution >= 0.6 is 0 Å². The number of Topliss-reactive ketones (excluding diaryl/α,β-unsaturated/α-hetero) is 1. The molecule has 0 aromatic heterocycles. The Balaban J connectivity index is 1.09. The highest BCUT2D eigenvalue weighted by Gasteiger charge is 2.57. The fourth-order valence-electron chi connectivity index (χ4n) is 9.35. The van der Waals surface area contributed by atoms with E-state index in [0.29, 0.717) is 12.1 Å². The first-order valence-corrected chi connectivity index (χ1v) is 16.9. The summed E-state index contributed by atoms with van der Waals surface area (Å²) in [6.45, 7) is 9.28. The second kappa shape index (κ2) is 12.6. The highest BCUT2D eigenvalue weighted by atomic mass is 16.5. The Morgan fingerprint density at radius 2 is 1.61 bits per heavy atom. The lowest BCUT2D eigenvalue weighted by atomic mass is 9.65. The van der Waals surface area contributed by atoms with Crippen molar-refractivity contribution in [2.45, 2.75) is 94.5 Å². The monoisotopic (exact) mass is 569 g/mol. The first-order valence-electron chi connectivity index (χ1n) is 16.9. The van der Waals surface area contributed by atoms with Gasteiger partial charge in [-0.25, -0.2) is 0 Å². The van der Waals surface area contributed by atoms with E-state index in [2.05, 4.69) is 25.3 Å². The zero-order valence-electron chi connectivity index (χ0n) is 24.8.